The van der Waals surface area contributed by atoms with Gasteiger partial charge in [-0.15, -0.1) is 0 Å². The van der Waals surface area contributed by atoms with E-state index in [0.29, 0.717) is 19.6 Å². The molecule has 0 aromatic rings. The molecule has 0 amide bonds. The lowest BCUT2D eigenvalue weighted by atomic mass is 9.99. The molecule has 20 heavy (non-hydrogen) atoms. The molecule has 0 bridgehead atoms. The molecule has 5 nitrogen and oxygen atoms in total. The number of Topliss-reactive ketones (excluding diaryl/α,β-unsaturated/α-hetero) is 1. The second kappa shape index (κ2) is 8.22. The van der Waals surface area contributed by atoms with Gasteiger partial charge in [-0.1, -0.05) is 15.9 Å². The van der Waals surface area contributed by atoms with Crippen LogP contribution >= 0.6 is 15.9 Å². The number of ketones is 1. The third-order valence-electron chi connectivity index (χ3n) is 3.77. The summed E-state index contributed by atoms with van der Waals surface area (Å²) < 4.78 is 17.3. The Morgan fingerprint density at radius 2 is 1.90 bits per heavy atom. The summed E-state index contributed by atoms with van der Waals surface area (Å²) in [5.74, 6) is 0.0124. The number of hydrogen-bond acceptors (Lipinski definition) is 5. The number of halogens is 1. The van der Waals surface area contributed by atoms with Crippen molar-refractivity contribution in [1.29, 1.82) is 0 Å². The Bertz CT molecular complexity index is 336. The Morgan fingerprint density at radius 3 is 2.60 bits per heavy atom. The molecule has 2 fully saturated rings. The molecule has 0 aromatic carbocycles. The van der Waals surface area contributed by atoms with Gasteiger partial charge in [0, 0.05) is 19.6 Å². The van der Waals surface area contributed by atoms with Gasteiger partial charge in [-0.25, -0.2) is 0 Å². The summed E-state index contributed by atoms with van der Waals surface area (Å²) in [6, 6.07) is 0. The van der Waals surface area contributed by atoms with E-state index in [9.17, 15) is 9.59 Å². The van der Waals surface area contributed by atoms with E-state index in [2.05, 4.69) is 15.9 Å². The fourth-order valence-electron chi connectivity index (χ4n) is 2.78. The highest BCUT2D eigenvalue weighted by Gasteiger charge is 2.36. The summed E-state index contributed by atoms with van der Waals surface area (Å²) in [5, 5.41) is 0.274. The van der Waals surface area contributed by atoms with E-state index >= 15 is 0 Å². The zero-order valence-electron chi connectivity index (χ0n) is 11.5. The van der Waals surface area contributed by atoms with Gasteiger partial charge in [0.2, 0.25) is 0 Å². The molecule has 114 valence electrons. The van der Waals surface area contributed by atoms with Gasteiger partial charge in [0.25, 0.3) is 0 Å². The number of aldehydes is 1. The lowest BCUT2D eigenvalue weighted by Gasteiger charge is -2.37. The third-order valence-corrected chi connectivity index (χ3v) is 4.33. The van der Waals surface area contributed by atoms with E-state index < -0.39 is 6.10 Å². The van der Waals surface area contributed by atoms with Crippen molar-refractivity contribution in [2.24, 2.45) is 0 Å². The van der Waals surface area contributed by atoms with Gasteiger partial charge in [-0.2, -0.15) is 0 Å². The Morgan fingerprint density at radius 1 is 1.20 bits per heavy atom. The Hall–Kier alpha value is -0.300. The van der Waals surface area contributed by atoms with Crippen molar-refractivity contribution in [3.05, 3.63) is 0 Å². The van der Waals surface area contributed by atoms with Crippen LogP contribution in [0.4, 0.5) is 0 Å². The molecule has 2 aliphatic heterocycles. The van der Waals surface area contributed by atoms with E-state index in [4.69, 9.17) is 14.2 Å². The van der Waals surface area contributed by atoms with Crippen molar-refractivity contribution in [2.45, 2.75) is 56.5 Å². The summed E-state index contributed by atoms with van der Waals surface area (Å²) in [5.41, 5.74) is 0. The van der Waals surface area contributed by atoms with Gasteiger partial charge >= 0.3 is 0 Å². The molecule has 0 N–H and O–H groups in total. The standard InChI is InChI=1S/C14H21BrO5/c15-9-10(17)14-13(4-2-8-19-14)20-12-3-1-7-18-11(12)5-6-16/h6,11-14H,1-5,7-9H2/t11-,12+,13-,14+/m0/s1. The number of alkyl halides is 1. The van der Waals surface area contributed by atoms with Crippen molar-refractivity contribution >= 4 is 28.0 Å². The van der Waals surface area contributed by atoms with Crippen LogP contribution in [0.15, 0.2) is 0 Å². The van der Waals surface area contributed by atoms with Crippen LogP contribution in [0.5, 0.6) is 0 Å². The number of carbonyl (C=O) groups is 2. The van der Waals surface area contributed by atoms with Crippen molar-refractivity contribution in [3.8, 4) is 0 Å². The van der Waals surface area contributed by atoms with Crippen molar-refractivity contribution in [3.63, 3.8) is 0 Å². The summed E-state index contributed by atoms with van der Waals surface area (Å²) in [7, 11) is 0. The number of rotatable bonds is 6. The highest BCUT2D eigenvalue weighted by Crippen LogP contribution is 2.26. The number of hydrogen-bond donors (Lipinski definition) is 0. The highest BCUT2D eigenvalue weighted by atomic mass is 79.9. The predicted molar refractivity (Wildman–Crippen MR) is 76.1 cm³/mol. The largest absolute Gasteiger partial charge is 0.375 e. The van der Waals surface area contributed by atoms with Crippen LogP contribution in [0, 0.1) is 0 Å². The second-order valence-electron chi connectivity index (χ2n) is 5.20. The molecule has 2 rings (SSSR count). The minimum atomic E-state index is -0.498. The lowest BCUT2D eigenvalue weighted by molar-refractivity contribution is -0.181. The summed E-state index contributed by atoms with van der Waals surface area (Å²) >= 11 is 3.18. The van der Waals surface area contributed by atoms with Crippen LogP contribution < -0.4 is 0 Å². The molecule has 4 atom stereocenters. The average molecular weight is 349 g/mol. The third kappa shape index (κ3) is 4.10. The molecular weight excluding hydrogens is 328 g/mol. The van der Waals surface area contributed by atoms with Crippen molar-refractivity contribution in [1.82, 2.24) is 0 Å². The Labute approximate surface area is 127 Å². The number of ether oxygens (including phenoxy) is 3. The van der Waals surface area contributed by atoms with E-state index in [1.54, 1.807) is 0 Å². The summed E-state index contributed by atoms with van der Waals surface area (Å²) in [6.45, 7) is 1.27. The van der Waals surface area contributed by atoms with E-state index in [1.807, 2.05) is 0 Å². The molecule has 0 spiro atoms. The van der Waals surface area contributed by atoms with E-state index in [1.165, 1.54) is 0 Å². The first-order valence-electron chi connectivity index (χ1n) is 7.17. The SMILES string of the molecule is O=CC[C@@H]1OCCC[C@H]1O[C@H]1CCCO[C@@H]1C(=O)CBr. The number of carbonyl (C=O) groups excluding carboxylic acids is 2. The van der Waals surface area contributed by atoms with Crippen LogP contribution in [-0.4, -0.2) is 55.0 Å². The molecule has 0 radical (unpaired) electrons. The minimum absolute atomic E-state index is 0.0124. The van der Waals surface area contributed by atoms with Crippen LogP contribution in [0.2, 0.25) is 0 Å². The normalized spacial score (nSPS) is 34.6. The van der Waals surface area contributed by atoms with Crippen LogP contribution in [-0.2, 0) is 23.8 Å². The predicted octanol–water partition coefficient (Wildman–Crippen LogP) is 1.65. The lowest BCUT2D eigenvalue weighted by Crippen LogP contribution is -2.47. The van der Waals surface area contributed by atoms with Gasteiger partial charge in [-0.3, -0.25) is 4.79 Å². The first kappa shape index (κ1) is 16.1. The van der Waals surface area contributed by atoms with E-state index in [-0.39, 0.29) is 29.4 Å². The van der Waals surface area contributed by atoms with Crippen LogP contribution in [0.1, 0.15) is 32.1 Å². The average Bonchev–Trinajstić information content (AvgIpc) is 2.49. The summed E-state index contributed by atoms with van der Waals surface area (Å²) in [4.78, 5) is 22.6. The quantitative estimate of drug-likeness (QED) is 0.539. The Kier molecular flexibility index (Phi) is 6.61. The maximum absolute atomic E-state index is 11.9. The smallest absolute Gasteiger partial charge is 0.174 e. The first-order chi connectivity index (χ1) is 9.76. The first-order valence-corrected chi connectivity index (χ1v) is 8.29. The molecule has 2 heterocycles. The zero-order chi connectivity index (χ0) is 14.4. The maximum atomic E-state index is 11.9. The highest BCUT2D eigenvalue weighted by molar-refractivity contribution is 9.09. The van der Waals surface area contributed by atoms with Crippen LogP contribution in [0.3, 0.4) is 0 Å². The molecule has 0 aliphatic carbocycles. The molecule has 0 saturated carbocycles. The second-order valence-corrected chi connectivity index (χ2v) is 5.76. The van der Waals surface area contributed by atoms with Gasteiger partial charge in [0.1, 0.15) is 12.4 Å². The molecule has 2 aliphatic rings. The maximum Gasteiger partial charge on any atom is 0.174 e. The zero-order valence-corrected chi connectivity index (χ0v) is 13.0. The van der Waals surface area contributed by atoms with Gasteiger partial charge in [0.15, 0.2) is 5.78 Å². The topological polar surface area (TPSA) is 61.8 Å². The van der Waals surface area contributed by atoms with Crippen molar-refractivity contribution in [2.75, 3.05) is 18.5 Å². The molecule has 2 saturated heterocycles. The fraction of sp³-hybridized carbons (Fsp3) is 0.857. The van der Waals surface area contributed by atoms with Crippen molar-refractivity contribution < 1.29 is 23.8 Å². The fourth-order valence-corrected chi connectivity index (χ4v) is 3.10. The minimum Gasteiger partial charge on any atom is -0.375 e. The van der Waals surface area contributed by atoms with Gasteiger partial charge in [-0.05, 0) is 25.7 Å². The van der Waals surface area contributed by atoms with Gasteiger partial charge in [0.05, 0.1) is 23.6 Å². The summed E-state index contributed by atoms with van der Waals surface area (Å²) in [6.07, 6.45) is 3.66. The van der Waals surface area contributed by atoms with Gasteiger partial charge < -0.3 is 19.0 Å². The molecule has 0 unspecified atom stereocenters. The molecular formula is C14H21BrO5. The molecule has 0 aromatic heterocycles. The van der Waals surface area contributed by atoms with Crippen LogP contribution in [0.25, 0.3) is 0 Å². The van der Waals surface area contributed by atoms with E-state index in [0.717, 1.165) is 32.0 Å². The molecule has 6 heteroatoms. The monoisotopic (exact) mass is 348 g/mol. The Balaban J connectivity index is 1.97.